The van der Waals surface area contributed by atoms with E-state index in [-0.39, 0.29) is 5.91 Å². The van der Waals surface area contributed by atoms with E-state index >= 15 is 0 Å². The third kappa shape index (κ3) is 4.83. The highest BCUT2D eigenvalue weighted by Crippen LogP contribution is 2.20. The van der Waals surface area contributed by atoms with Crippen molar-refractivity contribution < 1.29 is 14.3 Å². The molecule has 0 bridgehead atoms. The summed E-state index contributed by atoms with van der Waals surface area (Å²) in [6, 6.07) is 20.1. The van der Waals surface area contributed by atoms with Crippen LogP contribution in [0.25, 0.3) is 16.7 Å². The number of hydrogen-bond acceptors (Lipinski definition) is 5. The molecule has 7 nitrogen and oxygen atoms in total. The first-order valence-electron chi connectivity index (χ1n) is 10.1. The van der Waals surface area contributed by atoms with Crippen LogP contribution in [0.3, 0.4) is 0 Å². The van der Waals surface area contributed by atoms with Gasteiger partial charge in [0.15, 0.2) is 0 Å². The number of anilines is 1. The molecule has 158 valence electrons. The molecule has 0 spiro atoms. The molecule has 7 heteroatoms. The maximum atomic E-state index is 12.7. The van der Waals surface area contributed by atoms with Gasteiger partial charge in [0, 0.05) is 11.3 Å². The molecule has 0 radical (unpaired) electrons. The second-order valence-electron chi connectivity index (χ2n) is 7.58. The molecule has 0 aliphatic rings. The molecule has 1 aromatic heterocycles. The van der Waals surface area contributed by atoms with Crippen LogP contribution in [-0.2, 0) is 0 Å². The fourth-order valence-electron chi connectivity index (χ4n) is 3.02. The fourth-order valence-corrected chi connectivity index (χ4v) is 3.02. The Morgan fingerprint density at radius 2 is 1.74 bits per heavy atom. The molecule has 0 atom stereocenters. The van der Waals surface area contributed by atoms with Crippen LogP contribution in [0, 0.1) is 5.92 Å². The van der Waals surface area contributed by atoms with Gasteiger partial charge in [-0.15, -0.1) is 10.2 Å². The summed E-state index contributed by atoms with van der Waals surface area (Å²) in [5.41, 5.74) is 3.41. The number of aromatic nitrogens is 3. The smallest absolute Gasteiger partial charge is 0.255 e. The van der Waals surface area contributed by atoms with Crippen LogP contribution in [0.2, 0.25) is 0 Å². The quantitative estimate of drug-likeness (QED) is 0.472. The summed E-state index contributed by atoms with van der Waals surface area (Å²) in [6.07, 6.45) is 0. The molecule has 1 amide bonds. The number of nitrogens with one attached hydrogen (secondary N) is 1. The molecule has 0 saturated carbocycles. The maximum Gasteiger partial charge on any atom is 0.255 e. The third-order valence-corrected chi connectivity index (χ3v) is 4.62. The molecule has 1 heterocycles. The highest BCUT2D eigenvalue weighted by atomic mass is 16.5. The van der Waals surface area contributed by atoms with Crippen molar-refractivity contribution in [2.75, 3.05) is 19.0 Å². The number of carbonyl (C=O) groups excluding carboxylic acids is 1. The number of nitrogens with zero attached hydrogens (tertiary/aromatic N) is 3. The molecule has 1 N–H and O–H groups in total. The summed E-state index contributed by atoms with van der Waals surface area (Å²) in [5, 5.41) is 11.9. The highest BCUT2D eigenvalue weighted by Gasteiger charge is 2.10. The Labute approximate surface area is 180 Å². The zero-order valence-electron chi connectivity index (χ0n) is 17.7. The van der Waals surface area contributed by atoms with Crippen molar-refractivity contribution in [2.24, 2.45) is 5.92 Å². The number of fused-ring (bicyclic) bond motifs is 1. The van der Waals surface area contributed by atoms with Crippen LogP contribution < -0.4 is 14.8 Å². The summed E-state index contributed by atoms with van der Waals surface area (Å²) in [4.78, 5) is 14.3. The summed E-state index contributed by atoms with van der Waals surface area (Å²) in [7, 11) is 1.63. The molecule has 3 aromatic carbocycles. The van der Waals surface area contributed by atoms with Crippen molar-refractivity contribution >= 4 is 22.6 Å². The lowest BCUT2D eigenvalue weighted by Gasteiger charge is -2.10. The molecular formula is C24H24N4O3. The normalized spacial score (nSPS) is 11.0. The summed E-state index contributed by atoms with van der Waals surface area (Å²) >= 11 is 0. The molecule has 4 rings (SSSR count). The lowest BCUT2D eigenvalue weighted by Crippen LogP contribution is -2.12. The van der Waals surface area contributed by atoms with Crippen molar-refractivity contribution in [2.45, 2.75) is 13.8 Å². The van der Waals surface area contributed by atoms with E-state index in [1.165, 1.54) is 0 Å². The van der Waals surface area contributed by atoms with Crippen molar-refractivity contribution in [3.05, 3.63) is 72.3 Å². The molecule has 4 aromatic rings. The van der Waals surface area contributed by atoms with E-state index in [9.17, 15) is 4.79 Å². The van der Waals surface area contributed by atoms with Gasteiger partial charge in [0.1, 0.15) is 22.5 Å². The molecule has 0 aliphatic heterocycles. The van der Waals surface area contributed by atoms with Gasteiger partial charge in [-0.2, -0.15) is 4.80 Å². The van der Waals surface area contributed by atoms with Gasteiger partial charge in [0.2, 0.25) is 0 Å². The number of ether oxygens (including phenoxy) is 2. The van der Waals surface area contributed by atoms with E-state index in [0.717, 1.165) is 17.0 Å². The molecule has 0 aliphatic carbocycles. The van der Waals surface area contributed by atoms with Gasteiger partial charge >= 0.3 is 0 Å². The van der Waals surface area contributed by atoms with E-state index in [0.29, 0.717) is 35.0 Å². The minimum atomic E-state index is -0.211. The molecular weight excluding hydrogens is 392 g/mol. The Balaban J connectivity index is 1.51. The largest absolute Gasteiger partial charge is 0.497 e. The van der Waals surface area contributed by atoms with Crippen molar-refractivity contribution in [1.82, 2.24) is 15.0 Å². The van der Waals surface area contributed by atoms with Crippen LogP contribution in [0.5, 0.6) is 11.5 Å². The summed E-state index contributed by atoms with van der Waals surface area (Å²) in [6.45, 7) is 4.76. The van der Waals surface area contributed by atoms with Gasteiger partial charge in [-0.3, -0.25) is 4.79 Å². The predicted molar refractivity (Wildman–Crippen MR) is 120 cm³/mol. The van der Waals surface area contributed by atoms with Gasteiger partial charge in [-0.1, -0.05) is 19.9 Å². The second kappa shape index (κ2) is 8.87. The monoisotopic (exact) mass is 416 g/mol. The Kier molecular flexibility index (Phi) is 5.84. The van der Waals surface area contributed by atoms with E-state index < -0.39 is 0 Å². The Morgan fingerprint density at radius 1 is 0.968 bits per heavy atom. The average molecular weight is 416 g/mol. The van der Waals surface area contributed by atoms with Crippen LogP contribution in [0.15, 0.2) is 66.7 Å². The number of carbonyl (C=O) groups is 1. The average Bonchev–Trinajstić information content (AvgIpc) is 3.21. The number of methoxy groups -OCH3 is 1. The van der Waals surface area contributed by atoms with Gasteiger partial charge in [-0.25, -0.2) is 0 Å². The van der Waals surface area contributed by atoms with Crippen LogP contribution in [0.1, 0.15) is 24.2 Å². The minimum Gasteiger partial charge on any atom is -0.497 e. The first-order valence-corrected chi connectivity index (χ1v) is 10.1. The number of benzene rings is 3. The van der Waals surface area contributed by atoms with Gasteiger partial charge in [-0.05, 0) is 66.6 Å². The standard InChI is InChI=1S/C24H24N4O3/c1-16(2)15-31-21-6-4-5-17(13-21)24(29)25-18-7-12-22-23(14-18)27-28(26-22)19-8-10-20(30-3)11-9-19/h4-14,16H,15H2,1-3H3,(H,25,29). The van der Waals surface area contributed by atoms with E-state index in [2.05, 4.69) is 29.4 Å². The Morgan fingerprint density at radius 3 is 2.48 bits per heavy atom. The number of rotatable bonds is 7. The van der Waals surface area contributed by atoms with Crippen LogP contribution in [-0.4, -0.2) is 34.6 Å². The third-order valence-electron chi connectivity index (χ3n) is 4.62. The van der Waals surface area contributed by atoms with Gasteiger partial charge in [0.05, 0.1) is 19.4 Å². The summed E-state index contributed by atoms with van der Waals surface area (Å²) < 4.78 is 10.9. The summed E-state index contributed by atoms with van der Waals surface area (Å²) in [5.74, 6) is 1.65. The van der Waals surface area contributed by atoms with E-state index in [4.69, 9.17) is 9.47 Å². The van der Waals surface area contributed by atoms with Crippen LogP contribution >= 0.6 is 0 Å². The molecule has 0 fully saturated rings. The van der Waals surface area contributed by atoms with Crippen molar-refractivity contribution in [3.8, 4) is 17.2 Å². The predicted octanol–water partition coefficient (Wildman–Crippen LogP) is 4.72. The number of hydrogen-bond donors (Lipinski definition) is 1. The second-order valence-corrected chi connectivity index (χ2v) is 7.58. The highest BCUT2D eigenvalue weighted by molar-refractivity contribution is 6.05. The Bertz CT molecular complexity index is 1200. The van der Waals surface area contributed by atoms with E-state index in [1.807, 2.05) is 48.5 Å². The Hall–Kier alpha value is -3.87. The molecule has 0 unspecified atom stereocenters. The molecule has 31 heavy (non-hydrogen) atoms. The van der Waals surface area contributed by atoms with Gasteiger partial charge < -0.3 is 14.8 Å². The topological polar surface area (TPSA) is 78.3 Å². The number of amides is 1. The van der Waals surface area contributed by atoms with Crippen molar-refractivity contribution in [3.63, 3.8) is 0 Å². The van der Waals surface area contributed by atoms with E-state index in [1.54, 1.807) is 30.1 Å². The first-order chi connectivity index (χ1) is 15.0. The van der Waals surface area contributed by atoms with Gasteiger partial charge in [0.25, 0.3) is 5.91 Å². The van der Waals surface area contributed by atoms with Crippen LogP contribution in [0.4, 0.5) is 5.69 Å². The fraction of sp³-hybridized carbons (Fsp3) is 0.208. The lowest BCUT2D eigenvalue weighted by molar-refractivity contribution is 0.102. The zero-order chi connectivity index (χ0) is 21.8. The zero-order valence-corrected chi connectivity index (χ0v) is 17.7. The SMILES string of the molecule is COc1ccc(-n2nc3ccc(NC(=O)c4cccc(OCC(C)C)c4)cc3n2)cc1. The molecule has 0 saturated heterocycles. The minimum absolute atomic E-state index is 0.211. The first kappa shape index (κ1) is 20.4. The van der Waals surface area contributed by atoms with Crippen molar-refractivity contribution in [1.29, 1.82) is 0 Å². The maximum absolute atomic E-state index is 12.7. The lowest BCUT2D eigenvalue weighted by atomic mass is 10.2.